The molecule has 0 saturated heterocycles. The summed E-state index contributed by atoms with van der Waals surface area (Å²) < 4.78 is 47.1. The summed E-state index contributed by atoms with van der Waals surface area (Å²) in [7, 11) is 1.46. The summed E-state index contributed by atoms with van der Waals surface area (Å²) in [6, 6.07) is 5.99. The van der Waals surface area contributed by atoms with E-state index in [1.807, 2.05) is 0 Å². The predicted octanol–water partition coefficient (Wildman–Crippen LogP) is 4.96. The van der Waals surface area contributed by atoms with Gasteiger partial charge in [0, 0.05) is 48.1 Å². The van der Waals surface area contributed by atoms with Gasteiger partial charge < -0.3 is 30.2 Å². The van der Waals surface area contributed by atoms with Crippen LogP contribution in [0.25, 0.3) is 0 Å². The number of benzene rings is 2. The van der Waals surface area contributed by atoms with E-state index in [9.17, 15) is 27.6 Å². The second-order valence-corrected chi connectivity index (χ2v) is 9.45. The number of amides is 2. The maximum absolute atomic E-state index is 13.0. The first kappa shape index (κ1) is 30.8. The predicted molar refractivity (Wildman–Crippen MR) is 143 cm³/mol. The van der Waals surface area contributed by atoms with Gasteiger partial charge >= 0.3 is 6.36 Å². The number of alkyl halides is 3. The van der Waals surface area contributed by atoms with Gasteiger partial charge in [0.15, 0.2) is 0 Å². The molecule has 2 aromatic carbocycles. The van der Waals surface area contributed by atoms with Gasteiger partial charge in [-0.2, -0.15) is 0 Å². The summed E-state index contributed by atoms with van der Waals surface area (Å²) in [6.07, 6.45) is -2.45. The highest BCUT2D eigenvalue weighted by Gasteiger charge is 2.37. The summed E-state index contributed by atoms with van der Waals surface area (Å²) in [5.74, 6) is -0.931. The third kappa shape index (κ3) is 7.66. The second-order valence-electron chi connectivity index (χ2n) is 8.63. The van der Waals surface area contributed by atoms with Crippen molar-refractivity contribution in [1.82, 2.24) is 10.2 Å². The Kier molecular flexibility index (Phi) is 10.0. The smallest absolute Gasteiger partial charge is 0.487 e. The Morgan fingerprint density at radius 1 is 1.27 bits per heavy atom. The molecule has 0 radical (unpaired) electrons. The fraction of sp³-hybridized carbons (Fsp3) is 0.308. The van der Waals surface area contributed by atoms with E-state index in [2.05, 4.69) is 15.0 Å². The van der Waals surface area contributed by atoms with E-state index >= 15 is 0 Å². The average Bonchev–Trinajstić information content (AvgIpc) is 3.20. The Balaban J connectivity index is 1.74. The van der Waals surface area contributed by atoms with E-state index in [0.29, 0.717) is 28.9 Å². The highest BCUT2D eigenvalue weighted by molar-refractivity contribution is 6.39. The Labute approximate surface area is 237 Å². The van der Waals surface area contributed by atoms with Crippen LogP contribution in [0.3, 0.4) is 0 Å². The van der Waals surface area contributed by atoms with Gasteiger partial charge in [-0.25, -0.2) is 0 Å². The number of rotatable bonds is 11. The monoisotopic (exact) mass is 600 g/mol. The number of hydrogen-bond acceptors (Lipinski definition) is 7. The topological polar surface area (TPSA) is 123 Å². The van der Waals surface area contributed by atoms with Crippen LogP contribution in [0.2, 0.25) is 10.0 Å². The third-order valence-electron chi connectivity index (χ3n) is 5.74. The molecule has 0 bridgehead atoms. The molecule has 1 aliphatic heterocycles. The number of hydrogen-bond donors (Lipinski definition) is 2. The lowest BCUT2D eigenvalue weighted by atomic mass is 10.1. The number of likely N-dealkylation sites (N-methyl/N-ethyl adjacent to an activating group) is 1. The van der Waals surface area contributed by atoms with Crippen LogP contribution in [0.1, 0.15) is 35.7 Å². The molecule has 0 aliphatic carbocycles. The summed E-state index contributed by atoms with van der Waals surface area (Å²) in [5.41, 5.74) is 7.63. The van der Waals surface area contributed by atoms with Gasteiger partial charge in [-0.05, 0) is 31.6 Å². The molecule has 214 valence electrons. The van der Waals surface area contributed by atoms with Gasteiger partial charge in [0.25, 0.3) is 5.91 Å². The van der Waals surface area contributed by atoms with Crippen molar-refractivity contribution < 1.29 is 37.0 Å². The number of nitrogens with one attached hydrogen (secondary N) is 1. The van der Waals surface area contributed by atoms with E-state index in [1.54, 1.807) is 25.1 Å². The maximum atomic E-state index is 13.0. The van der Waals surface area contributed by atoms with Gasteiger partial charge in [0.2, 0.25) is 5.91 Å². The van der Waals surface area contributed by atoms with Crippen LogP contribution in [0.4, 0.5) is 18.9 Å². The summed E-state index contributed by atoms with van der Waals surface area (Å²) in [4.78, 5) is 41.9. The van der Waals surface area contributed by atoms with E-state index in [-0.39, 0.29) is 59.2 Å². The van der Waals surface area contributed by atoms with Crippen molar-refractivity contribution in [1.29, 1.82) is 0 Å². The average molecular weight is 601 g/mol. The van der Waals surface area contributed by atoms with Crippen LogP contribution in [0.15, 0.2) is 47.1 Å². The van der Waals surface area contributed by atoms with Crippen LogP contribution in [0, 0.1) is 0 Å². The lowest BCUT2D eigenvalue weighted by Gasteiger charge is -2.25. The molecule has 1 heterocycles. The van der Waals surface area contributed by atoms with Crippen molar-refractivity contribution in [3.05, 3.63) is 63.3 Å². The lowest BCUT2D eigenvalue weighted by Crippen LogP contribution is -2.46. The molecule has 0 aromatic heterocycles. The van der Waals surface area contributed by atoms with Crippen LogP contribution in [-0.4, -0.2) is 54.8 Å². The summed E-state index contributed by atoms with van der Waals surface area (Å²) >= 11 is 12.1. The minimum absolute atomic E-state index is 0.0278. The van der Waals surface area contributed by atoms with E-state index in [4.69, 9.17) is 33.7 Å². The molecule has 3 rings (SSSR count). The molecule has 3 N–H and O–H groups in total. The molecule has 1 unspecified atom stereocenters. The number of allylic oxidation sites excluding steroid dienone is 1. The van der Waals surface area contributed by atoms with Crippen LogP contribution < -0.4 is 20.5 Å². The summed E-state index contributed by atoms with van der Waals surface area (Å²) in [6.45, 7) is 1.59. The third-order valence-corrected chi connectivity index (χ3v) is 6.31. The normalized spacial score (nSPS) is 14.6. The lowest BCUT2D eigenvalue weighted by molar-refractivity contribution is -0.274. The standard InChI is InChI=1S/C26H25Cl2F3N4O5/c1-14(34-23-19(27)10-16(11-20(23)28)40-26(29,30)31)9-15(32)13-39-22-7-3-5-17-18(22)12-35(25(17)38)21(6-4-8-36)24(37)33-2/h3,5,7-11,21H,4,6,12-13,32H2,1-2H3,(H,33,37). The summed E-state index contributed by atoms with van der Waals surface area (Å²) in [5, 5.41) is 2.20. The molecule has 2 aromatic rings. The minimum atomic E-state index is -4.91. The SMILES string of the molecule is CNC(=O)C(CCC=O)N1Cc2c(OCC(N)=CC(C)=Nc3c(Cl)cc(OC(F)(F)F)cc3Cl)cccc2C1=O. The number of nitrogens with zero attached hydrogens (tertiary/aromatic N) is 2. The minimum Gasteiger partial charge on any atom is -0.487 e. The molecule has 0 saturated carbocycles. The van der Waals surface area contributed by atoms with Gasteiger partial charge in [-0.3, -0.25) is 14.6 Å². The van der Waals surface area contributed by atoms with Gasteiger partial charge in [-0.15, -0.1) is 13.2 Å². The molecule has 1 aliphatic rings. The van der Waals surface area contributed by atoms with Crippen molar-refractivity contribution in [3.8, 4) is 11.5 Å². The van der Waals surface area contributed by atoms with E-state index < -0.39 is 18.2 Å². The van der Waals surface area contributed by atoms with Crippen molar-refractivity contribution in [2.75, 3.05) is 13.7 Å². The number of aldehydes is 1. The van der Waals surface area contributed by atoms with Crippen molar-refractivity contribution >= 4 is 52.7 Å². The molecule has 14 heteroatoms. The molecule has 0 fully saturated rings. The zero-order chi connectivity index (χ0) is 29.6. The molecule has 0 spiro atoms. The number of ether oxygens (including phenoxy) is 2. The van der Waals surface area contributed by atoms with Crippen molar-refractivity contribution in [2.45, 2.75) is 38.7 Å². The van der Waals surface area contributed by atoms with Crippen LogP contribution in [-0.2, 0) is 16.1 Å². The highest BCUT2D eigenvalue weighted by atomic mass is 35.5. The molecule has 2 amide bonds. The second kappa shape index (κ2) is 13.1. The first-order valence-electron chi connectivity index (χ1n) is 11.8. The van der Waals surface area contributed by atoms with Gasteiger partial charge in [0.1, 0.15) is 36.1 Å². The molecule has 40 heavy (non-hydrogen) atoms. The fourth-order valence-electron chi connectivity index (χ4n) is 4.06. The molecular weight excluding hydrogens is 576 g/mol. The number of carbonyl (C=O) groups is 3. The Morgan fingerprint density at radius 2 is 1.95 bits per heavy atom. The Hall–Kier alpha value is -3.77. The zero-order valence-electron chi connectivity index (χ0n) is 21.4. The largest absolute Gasteiger partial charge is 0.573 e. The first-order valence-corrected chi connectivity index (χ1v) is 12.6. The number of aliphatic imine (C=N–C) groups is 1. The molecule has 1 atom stereocenters. The van der Waals surface area contributed by atoms with E-state index in [1.165, 1.54) is 18.0 Å². The molecule has 9 nitrogen and oxygen atoms in total. The number of carbonyl (C=O) groups excluding carboxylic acids is 3. The van der Waals surface area contributed by atoms with E-state index in [0.717, 1.165) is 12.1 Å². The highest BCUT2D eigenvalue weighted by Crippen LogP contribution is 2.39. The number of fused-ring (bicyclic) bond motifs is 1. The molecular formula is C26H25Cl2F3N4O5. The zero-order valence-corrected chi connectivity index (χ0v) is 22.9. The van der Waals surface area contributed by atoms with Crippen LogP contribution in [0.5, 0.6) is 11.5 Å². The first-order chi connectivity index (χ1) is 18.8. The van der Waals surface area contributed by atoms with Gasteiger partial charge in [-0.1, -0.05) is 29.3 Å². The van der Waals surface area contributed by atoms with Crippen molar-refractivity contribution in [2.24, 2.45) is 10.7 Å². The van der Waals surface area contributed by atoms with Crippen molar-refractivity contribution in [3.63, 3.8) is 0 Å². The number of nitrogens with two attached hydrogens (primary N) is 1. The Morgan fingerprint density at radius 3 is 2.55 bits per heavy atom. The fourth-order valence-corrected chi connectivity index (χ4v) is 4.61. The Bertz CT molecular complexity index is 1340. The maximum Gasteiger partial charge on any atom is 0.573 e. The quantitative estimate of drug-likeness (QED) is 0.278. The van der Waals surface area contributed by atoms with Gasteiger partial charge in [0.05, 0.1) is 16.6 Å². The van der Waals surface area contributed by atoms with Crippen LogP contribution >= 0.6 is 23.2 Å². The number of halogens is 5.